The number of nitrogens with zero attached hydrogens (tertiary/aromatic N) is 1. The van der Waals surface area contributed by atoms with Gasteiger partial charge in [0.25, 0.3) is 0 Å². The lowest BCUT2D eigenvalue weighted by Crippen LogP contribution is -2.43. The molecule has 2 aromatic rings. The van der Waals surface area contributed by atoms with E-state index in [1.54, 1.807) is 36.3 Å². The third-order valence-corrected chi connectivity index (χ3v) is 5.39. The van der Waals surface area contributed by atoms with Gasteiger partial charge < -0.3 is 20.3 Å². The van der Waals surface area contributed by atoms with Crippen LogP contribution in [0, 0.1) is 0 Å². The smallest absolute Gasteiger partial charge is 0.247 e. The van der Waals surface area contributed by atoms with Crippen molar-refractivity contribution in [3.63, 3.8) is 0 Å². The lowest BCUT2D eigenvalue weighted by molar-refractivity contribution is -0.136. The molecule has 29 heavy (non-hydrogen) atoms. The van der Waals surface area contributed by atoms with Crippen molar-refractivity contribution in [2.45, 2.75) is 31.7 Å². The Morgan fingerprint density at radius 2 is 2.00 bits per heavy atom. The Morgan fingerprint density at radius 1 is 1.21 bits per heavy atom. The third-order valence-electron chi connectivity index (χ3n) is 5.39. The zero-order valence-electron chi connectivity index (χ0n) is 16.2. The van der Waals surface area contributed by atoms with Gasteiger partial charge in [0.15, 0.2) is 0 Å². The van der Waals surface area contributed by atoms with E-state index in [0.717, 1.165) is 23.2 Å². The Bertz CT molecular complexity index is 955. The molecular formula is C22H23N3O4. The summed E-state index contributed by atoms with van der Waals surface area (Å²) >= 11 is 0. The van der Waals surface area contributed by atoms with Crippen LogP contribution in [-0.2, 0) is 27.2 Å². The lowest BCUT2D eigenvalue weighted by atomic mass is 10.1. The number of benzene rings is 2. The van der Waals surface area contributed by atoms with Crippen molar-refractivity contribution in [2.75, 3.05) is 24.3 Å². The molecule has 1 fully saturated rings. The molecule has 7 nitrogen and oxygen atoms in total. The molecule has 4 rings (SSSR count). The molecule has 0 aliphatic carbocycles. The molecule has 2 aliphatic rings. The van der Waals surface area contributed by atoms with Crippen molar-refractivity contribution < 1.29 is 19.1 Å². The van der Waals surface area contributed by atoms with Crippen LogP contribution in [0.2, 0.25) is 0 Å². The molecule has 0 spiro atoms. The Kier molecular flexibility index (Phi) is 5.20. The minimum Gasteiger partial charge on any atom is -0.497 e. The largest absolute Gasteiger partial charge is 0.497 e. The normalized spacial score (nSPS) is 17.6. The van der Waals surface area contributed by atoms with Gasteiger partial charge in [0.1, 0.15) is 11.8 Å². The Labute approximate surface area is 169 Å². The lowest BCUT2D eigenvalue weighted by Gasteiger charge is -2.24. The summed E-state index contributed by atoms with van der Waals surface area (Å²) < 4.78 is 5.12. The number of likely N-dealkylation sites (tertiary alicyclic amines) is 1. The number of nitrogens with one attached hydrogen (secondary N) is 2. The number of fused-ring (bicyclic) bond motifs is 1. The average molecular weight is 393 g/mol. The highest BCUT2D eigenvalue weighted by atomic mass is 16.5. The van der Waals surface area contributed by atoms with Gasteiger partial charge in [0, 0.05) is 17.9 Å². The van der Waals surface area contributed by atoms with Gasteiger partial charge in [-0.05, 0) is 54.3 Å². The first-order valence-electron chi connectivity index (χ1n) is 9.69. The van der Waals surface area contributed by atoms with Crippen molar-refractivity contribution in [1.29, 1.82) is 0 Å². The molecule has 2 aromatic carbocycles. The number of rotatable bonds is 5. The van der Waals surface area contributed by atoms with Crippen LogP contribution in [0.15, 0.2) is 42.5 Å². The molecule has 2 N–H and O–H groups in total. The summed E-state index contributed by atoms with van der Waals surface area (Å²) in [6.45, 7) is 0.571. The van der Waals surface area contributed by atoms with Crippen LogP contribution in [-0.4, -0.2) is 42.3 Å². The first-order valence-corrected chi connectivity index (χ1v) is 9.69. The molecule has 0 bridgehead atoms. The molecule has 7 heteroatoms. The van der Waals surface area contributed by atoms with E-state index in [9.17, 15) is 14.4 Å². The third kappa shape index (κ3) is 4.08. The highest BCUT2D eigenvalue weighted by Crippen LogP contribution is 2.26. The summed E-state index contributed by atoms with van der Waals surface area (Å²) in [6, 6.07) is 12.2. The summed E-state index contributed by atoms with van der Waals surface area (Å²) in [4.78, 5) is 38.8. The quantitative estimate of drug-likeness (QED) is 0.816. The van der Waals surface area contributed by atoms with Gasteiger partial charge in [-0.25, -0.2) is 0 Å². The number of carbonyl (C=O) groups is 3. The predicted octanol–water partition coefficient (Wildman–Crippen LogP) is 2.36. The van der Waals surface area contributed by atoms with Crippen molar-refractivity contribution in [3.8, 4) is 5.75 Å². The SMILES string of the molecule is COc1ccc(NC(=O)C2CCCN2C(=O)Cc2ccc3c(c2)NC(=O)C3)cc1. The topological polar surface area (TPSA) is 87.7 Å². The fourth-order valence-electron chi connectivity index (χ4n) is 3.89. The highest BCUT2D eigenvalue weighted by molar-refractivity contribution is 6.00. The molecule has 2 aliphatic heterocycles. The monoisotopic (exact) mass is 393 g/mol. The highest BCUT2D eigenvalue weighted by Gasteiger charge is 2.34. The second kappa shape index (κ2) is 7.95. The van der Waals surface area contributed by atoms with Gasteiger partial charge in [-0.2, -0.15) is 0 Å². The Balaban J connectivity index is 1.40. The maximum atomic E-state index is 12.9. The molecule has 1 atom stereocenters. The molecule has 0 saturated carbocycles. The van der Waals surface area contributed by atoms with E-state index in [0.29, 0.717) is 30.8 Å². The van der Waals surface area contributed by atoms with Crippen LogP contribution in [0.1, 0.15) is 24.0 Å². The Hall–Kier alpha value is -3.35. The summed E-state index contributed by atoms with van der Waals surface area (Å²) in [6.07, 6.45) is 2.03. The standard InChI is InChI=1S/C22H23N3O4/c1-29-17-8-6-16(7-9-17)23-22(28)19-3-2-10-25(19)21(27)12-14-4-5-15-13-20(26)24-18(15)11-14/h4-9,11,19H,2-3,10,12-13H2,1H3,(H,23,28)(H,24,26). The predicted molar refractivity (Wildman–Crippen MR) is 109 cm³/mol. The second-order valence-corrected chi connectivity index (χ2v) is 7.36. The molecule has 2 heterocycles. The molecule has 1 saturated heterocycles. The fourth-order valence-corrected chi connectivity index (χ4v) is 3.89. The molecule has 150 valence electrons. The number of anilines is 2. The second-order valence-electron chi connectivity index (χ2n) is 7.36. The minimum atomic E-state index is -0.473. The first-order chi connectivity index (χ1) is 14.0. The summed E-state index contributed by atoms with van der Waals surface area (Å²) in [5, 5.41) is 5.69. The molecule has 3 amide bonds. The van der Waals surface area contributed by atoms with Gasteiger partial charge in [-0.3, -0.25) is 14.4 Å². The summed E-state index contributed by atoms with van der Waals surface area (Å²) in [7, 11) is 1.59. The molecular weight excluding hydrogens is 370 g/mol. The van der Waals surface area contributed by atoms with Crippen LogP contribution in [0.25, 0.3) is 0 Å². The van der Waals surface area contributed by atoms with Crippen LogP contribution in [0.3, 0.4) is 0 Å². The van der Waals surface area contributed by atoms with E-state index < -0.39 is 6.04 Å². The van der Waals surface area contributed by atoms with E-state index in [-0.39, 0.29) is 24.1 Å². The summed E-state index contributed by atoms with van der Waals surface area (Å²) in [5.41, 5.74) is 3.22. The van der Waals surface area contributed by atoms with Gasteiger partial charge >= 0.3 is 0 Å². The number of amides is 3. The number of hydrogen-bond donors (Lipinski definition) is 2. The zero-order chi connectivity index (χ0) is 20.4. The first kappa shape index (κ1) is 19.0. The number of carbonyl (C=O) groups excluding carboxylic acids is 3. The van der Waals surface area contributed by atoms with E-state index in [4.69, 9.17) is 4.74 Å². The van der Waals surface area contributed by atoms with E-state index in [1.165, 1.54) is 0 Å². The zero-order valence-corrected chi connectivity index (χ0v) is 16.2. The summed E-state index contributed by atoms with van der Waals surface area (Å²) in [5.74, 6) is 0.424. The van der Waals surface area contributed by atoms with Crippen molar-refractivity contribution in [2.24, 2.45) is 0 Å². The van der Waals surface area contributed by atoms with Gasteiger partial charge in [0.05, 0.1) is 20.0 Å². The van der Waals surface area contributed by atoms with E-state index in [1.807, 2.05) is 18.2 Å². The van der Waals surface area contributed by atoms with Crippen LogP contribution < -0.4 is 15.4 Å². The van der Waals surface area contributed by atoms with Crippen molar-refractivity contribution in [1.82, 2.24) is 4.90 Å². The van der Waals surface area contributed by atoms with Crippen LogP contribution >= 0.6 is 0 Å². The molecule has 0 radical (unpaired) electrons. The van der Waals surface area contributed by atoms with Gasteiger partial charge in [-0.1, -0.05) is 12.1 Å². The average Bonchev–Trinajstić information content (AvgIpc) is 3.34. The van der Waals surface area contributed by atoms with E-state index >= 15 is 0 Å². The number of ether oxygens (including phenoxy) is 1. The number of hydrogen-bond acceptors (Lipinski definition) is 4. The van der Waals surface area contributed by atoms with Crippen LogP contribution in [0.5, 0.6) is 5.75 Å². The maximum Gasteiger partial charge on any atom is 0.247 e. The number of methoxy groups -OCH3 is 1. The van der Waals surface area contributed by atoms with Crippen LogP contribution in [0.4, 0.5) is 11.4 Å². The maximum absolute atomic E-state index is 12.9. The van der Waals surface area contributed by atoms with Crippen molar-refractivity contribution >= 4 is 29.1 Å². The minimum absolute atomic E-state index is 0.0294. The van der Waals surface area contributed by atoms with Gasteiger partial charge in [0.2, 0.25) is 17.7 Å². The Morgan fingerprint density at radius 3 is 2.76 bits per heavy atom. The molecule has 0 aromatic heterocycles. The van der Waals surface area contributed by atoms with Crippen molar-refractivity contribution in [3.05, 3.63) is 53.6 Å². The van der Waals surface area contributed by atoms with Gasteiger partial charge in [-0.15, -0.1) is 0 Å². The fraction of sp³-hybridized carbons (Fsp3) is 0.318. The molecule has 1 unspecified atom stereocenters. The van der Waals surface area contributed by atoms with E-state index in [2.05, 4.69) is 10.6 Å².